The number of carbonyl (C=O) groups excluding carboxylic acids is 2. The Morgan fingerprint density at radius 1 is 0.947 bits per heavy atom. The molecule has 0 aliphatic rings. The topological polar surface area (TPSA) is 96.0 Å². The summed E-state index contributed by atoms with van der Waals surface area (Å²) in [5.74, 6) is -0.328. The monoisotopic (exact) mass is 557 g/mol. The Morgan fingerprint density at radius 3 is 2.16 bits per heavy atom. The summed E-state index contributed by atoms with van der Waals surface area (Å²) >= 11 is 6.01. The fourth-order valence-electron chi connectivity index (χ4n) is 3.82. The van der Waals surface area contributed by atoms with Crippen molar-refractivity contribution in [3.8, 4) is 5.75 Å². The Hall–Kier alpha value is -3.56. The minimum absolute atomic E-state index is 0.0126. The summed E-state index contributed by atoms with van der Waals surface area (Å²) in [6, 6.07) is 20.5. The molecule has 0 spiro atoms. The van der Waals surface area contributed by atoms with Crippen LogP contribution in [0.25, 0.3) is 0 Å². The first-order valence-electron chi connectivity index (χ1n) is 12.3. The first-order valence-corrected chi connectivity index (χ1v) is 14.1. The highest BCUT2D eigenvalue weighted by atomic mass is 35.5. The zero-order valence-corrected chi connectivity index (χ0v) is 23.2. The molecule has 3 aromatic rings. The number of hydrogen-bond acceptors (Lipinski definition) is 5. The van der Waals surface area contributed by atoms with Crippen LogP contribution in [0.1, 0.15) is 26.3 Å². The number of likely N-dealkylation sites (N-methyl/N-ethyl adjacent to an activating group) is 1. The number of benzene rings is 3. The van der Waals surface area contributed by atoms with E-state index in [4.69, 9.17) is 16.3 Å². The van der Waals surface area contributed by atoms with Crippen molar-refractivity contribution in [3.63, 3.8) is 0 Å². The van der Waals surface area contributed by atoms with Gasteiger partial charge in [-0.15, -0.1) is 0 Å². The van der Waals surface area contributed by atoms with Crippen LogP contribution in [-0.2, 0) is 26.2 Å². The smallest absolute Gasteiger partial charge is 0.264 e. The lowest BCUT2D eigenvalue weighted by molar-refractivity contribution is -0.139. The molecular formula is C28H32ClN3O5S. The number of para-hydroxylation sites is 1. The summed E-state index contributed by atoms with van der Waals surface area (Å²) in [7, 11) is -4.14. The van der Waals surface area contributed by atoms with Gasteiger partial charge in [0.15, 0.2) is 0 Å². The Balaban J connectivity index is 1.98. The van der Waals surface area contributed by atoms with Gasteiger partial charge in [0, 0.05) is 18.1 Å². The number of amides is 2. The predicted octanol–water partition coefficient (Wildman–Crippen LogP) is 4.49. The molecule has 1 atom stereocenters. The van der Waals surface area contributed by atoms with Crippen LogP contribution in [0.4, 0.5) is 5.69 Å². The third-order valence-electron chi connectivity index (χ3n) is 5.83. The first kappa shape index (κ1) is 29.0. The Kier molecular flexibility index (Phi) is 10.2. The largest absolute Gasteiger partial charge is 0.494 e. The number of rotatable bonds is 12. The predicted molar refractivity (Wildman–Crippen MR) is 149 cm³/mol. The van der Waals surface area contributed by atoms with Gasteiger partial charge < -0.3 is 15.0 Å². The SMILES string of the molecule is CCNC(=O)[C@@H](C)N(Cc1ccc(Cl)cc1)C(=O)CN(c1ccccc1)S(=O)(=O)c1ccc(OCC)cc1. The van der Waals surface area contributed by atoms with E-state index in [1.54, 1.807) is 80.6 Å². The maximum atomic E-state index is 13.8. The van der Waals surface area contributed by atoms with E-state index < -0.39 is 28.5 Å². The molecule has 0 aliphatic carbocycles. The van der Waals surface area contributed by atoms with E-state index >= 15 is 0 Å². The molecule has 0 aromatic heterocycles. The molecule has 2 amide bonds. The summed E-state index contributed by atoms with van der Waals surface area (Å²) in [5.41, 5.74) is 1.08. The zero-order valence-electron chi connectivity index (χ0n) is 21.6. The molecule has 0 unspecified atom stereocenters. The van der Waals surface area contributed by atoms with Crippen molar-refractivity contribution in [2.24, 2.45) is 0 Å². The maximum Gasteiger partial charge on any atom is 0.264 e. The van der Waals surface area contributed by atoms with Gasteiger partial charge in [0.1, 0.15) is 18.3 Å². The summed E-state index contributed by atoms with van der Waals surface area (Å²) in [4.78, 5) is 27.9. The van der Waals surface area contributed by atoms with Gasteiger partial charge >= 0.3 is 0 Å². The van der Waals surface area contributed by atoms with Gasteiger partial charge in [-0.25, -0.2) is 8.42 Å². The molecule has 1 N–H and O–H groups in total. The van der Waals surface area contributed by atoms with Crippen molar-refractivity contribution in [1.29, 1.82) is 0 Å². The van der Waals surface area contributed by atoms with Crippen LogP contribution in [0.5, 0.6) is 5.75 Å². The van der Waals surface area contributed by atoms with E-state index in [9.17, 15) is 18.0 Å². The van der Waals surface area contributed by atoms with Gasteiger partial charge in [-0.05, 0) is 74.9 Å². The lowest BCUT2D eigenvalue weighted by Gasteiger charge is -2.32. The third-order valence-corrected chi connectivity index (χ3v) is 7.87. The molecule has 38 heavy (non-hydrogen) atoms. The maximum absolute atomic E-state index is 13.8. The first-order chi connectivity index (χ1) is 18.2. The van der Waals surface area contributed by atoms with Gasteiger partial charge in [-0.3, -0.25) is 13.9 Å². The lowest BCUT2D eigenvalue weighted by atomic mass is 10.1. The van der Waals surface area contributed by atoms with E-state index in [1.165, 1.54) is 17.0 Å². The number of halogens is 1. The molecule has 0 fully saturated rings. The second kappa shape index (κ2) is 13.3. The van der Waals surface area contributed by atoms with Crippen molar-refractivity contribution in [1.82, 2.24) is 10.2 Å². The van der Waals surface area contributed by atoms with Crippen molar-refractivity contribution in [2.75, 3.05) is 24.0 Å². The number of sulfonamides is 1. The minimum atomic E-state index is -4.14. The molecule has 0 radical (unpaired) electrons. The minimum Gasteiger partial charge on any atom is -0.494 e. The molecule has 0 saturated carbocycles. The third kappa shape index (κ3) is 7.26. The highest BCUT2D eigenvalue weighted by Gasteiger charge is 2.32. The van der Waals surface area contributed by atoms with E-state index in [2.05, 4.69) is 5.32 Å². The van der Waals surface area contributed by atoms with Gasteiger partial charge in [0.25, 0.3) is 10.0 Å². The molecule has 3 aromatic carbocycles. The number of anilines is 1. The molecule has 0 saturated heterocycles. The van der Waals surface area contributed by atoms with Gasteiger partial charge in [-0.1, -0.05) is 41.9 Å². The average Bonchev–Trinajstić information content (AvgIpc) is 2.92. The molecule has 0 heterocycles. The van der Waals surface area contributed by atoms with Crippen LogP contribution in [0.2, 0.25) is 5.02 Å². The molecule has 10 heteroatoms. The lowest BCUT2D eigenvalue weighted by Crippen LogP contribution is -2.51. The summed E-state index contributed by atoms with van der Waals surface area (Å²) < 4.78 is 34.1. The molecule has 3 rings (SSSR count). The standard InChI is InChI=1S/C28H32ClN3O5S/c1-4-30-28(34)21(3)31(19-22-11-13-23(29)14-12-22)27(33)20-32(24-9-7-6-8-10-24)38(35,36)26-17-15-25(16-18-26)37-5-2/h6-18,21H,4-5,19-20H2,1-3H3,(H,30,34)/t21-/m1/s1. The second-order valence-electron chi connectivity index (χ2n) is 8.47. The van der Waals surface area contributed by atoms with Crippen molar-refractivity contribution < 1.29 is 22.7 Å². The molecule has 8 nitrogen and oxygen atoms in total. The Bertz CT molecular complexity index is 1320. The quantitative estimate of drug-likeness (QED) is 0.354. The fraction of sp³-hybridized carbons (Fsp3) is 0.286. The number of ether oxygens (including phenoxy) is 1. The van der Waals surface area contributed by atoms with Crippen molar-refractivity contribution in [2.45, 2.75) is 38.3 Å². The highest BCUT2D eigenvalue weighted by molar-refractivity contribution is 7.92. The van der Waals surface area contributed by atoms with Gasteiger partial charge in [0.05, 0.1) is 17.2 Å². The van der Waals surface area contributed by atoms with E-state index in [0.29, 0.717) is 29.6 Å². The van der Waals surface area contributed by atoms with Crippen molar-refractivity contribution >= 4 is 39.1 Å². The molecule has 0 aliphatic heterocycles. The van der Waals surface area contributed by atoms with Crippen LogP contribution in [0.15, 0.2) is 83.8 Å². The number of carbonyl (C=O) groups is 2. The van der Waals surface area contributed by atoms with Gasteiger partial charge in [0.2, 0.25) is 11.8 Å². The van der Waals surface area contributed by atoms with Crippen LogP contribution < -0.4 is 14.4 Å². The summed E-state index contributed by atoms with van der Waals surface area (Å²) in [6.45, 7) is 5.68. The van der Waals surface area contributed by atoms with Crippen molar-refractivity contribution in [3.05, 3.63) is 89.4 Å². The number of nitrogens with one attached hydrogen (secondary N) is 1. The summed E-state index contributed by atoms with van der Waals surface area (Å²) in [6.07, 6.45) is 0. The van der Waals surface area contributed by atoms with Crippen LogP contribution >= 0.6 is 11.6 Å². The van der Waals surface area contributed by atoms with Crippen LogP contribution in [0.3, 0.4) is 0 Å². The summed E-state index contributed by atoms with van der Waals surface area (Å²) in [5, 5.41) is 3.28. The van der Waals surface area contributed by atoms with Crippen LogP contribution in [0, 0.1) is 0 Å². The van der Waals surface area contributed by atoms with E-state index in [1.807, 2.05) is 6.92 Å². The molecule has 0 bridgehead atoms. The Labute approximate surface area is 229 Å². The zero-order chi connectivity index (χ0) is 27.7. The van der Waals surface area contributed by atoms with Crippen LogP contribution in [-0.4, -0.2) is 50.9 Å². The highest BCUT2D eigenvalue weighted by Crippen LogP contribution is 2.26. The second-order valence-corrected chi connectivity index (χ2v) is 10.8. The average molecular weight is 558 g/mol. The molecule has 202 valence electrons. The van der Waals surface area contributed by atoms with E-state index in [-0.39, 0.29) is 17.3 Å². The Morgan fingerprint density at radius 2 is 1.58 bits per heavy atom. The number of nitrogens with zero attached hydrogens (tertiary/aromatic N) is 2. The molecular weight excluding hydrogens is 526 g/mol. The van der Waals surface area contributed by atoms with Gasteiger partial charge in [-0.2, -0.15) is 0 Å². The normalized spacial score (nSPS) is 11.9. The fourth-order valence-corrected chi connectivity index (χ4v) is 5.36. The number of hydrogen-bond donors (Lipinski definition) is 1. The van der Waals surface area contributed by atoms with E-state index in [0.717, 1.165) is 9.87 Å².